The zero-order valence-corrected chi connectivity index (χ0v) is 8.76. The van der Waals surface area contributed by atoms with Gasteiger partial charge in [0, 0.05) is 17.5 Å². The van der Waals surface area contributed by atoms with Crippen LogP contribution >= 0.6 is 0 Å². The topological polar surface area (TPSA) is 39.2 Å². The molecule has 0 N–H and O–H groups in total. The van der Waals surface area contributed by atoms with Crippen molar-refractivity contribution in [2.24, 2.45) is 0 Å². The van der Waals surface area contributed by atoms with E-state index in [2.05, 4.69) is 9.72 Å². The van der Waals surface area contributed by atoms with Crippen LogP contribution in [0, 0.1) is 12.7 Å². The predicted molar refractivity (Wildman–Crippen MR) is 49.6 cm³/mol. The van der Waals surface area contributed by atoms with E-state index in [0.717, 1.165) is 13.3 Å². The van der Waals surface area contributed by atoms with Crippen molar-refractivity contribution in [2.45, 2.75) is 19.8 Å². The van der Waals surface area contributed by atoms with Crippen LogP contribution in [0.2, 0.25) is 0 Å². The molecular weight excluding hydrogens is 223 g/mol. The van der Waals surface area contributed by atoms with E-state index in [1.54, 1.807) is 0 Å². The van der Waals surface area contributed by atoms with E-state index >= 15 is 0 Å². The molecule has 0 amide bonds. The SMILES string of the molecule is COC(=O)Cc1cnc(C)c(C(F)F)c1F. The van der Waals surface area contributed by atoms with Gasteiger partial charge in [-0.1, -0.05) is 0 Å². The number of rotatable bonds is 3. The molecule has 1 aromatic heterocycles. The van der Waals surface area contributed by atoms with Crippen LogP contribution in [0.1, 0.15) is 23.2 Å². The fourth-order valence-electron chi connectivity index (χ4n) is 1.24. The number of aromatic nitrogens is 1. The third kappa shape index (κ3) is 2.50. The van der Waals surface area contributed by atoms with Gasteiger partial charge in [0.2, 0.25) is 0 Å². The number of aryl methyl sites for hydroxylation is 1. The van der Waals surface area contributed by atoms with E-state index in [9.17, 15) is 18.0 Å². The molecule has 16 heavy (non-hydrogen) atoms. The van der Waals surface area contributed by atoms with Gasteiger partial charge < -0.3 is 4.74 Å². The number of esters is 1. The molecule has 0 aromatic carbocycles. The summed E-state index contributed by atoms with van der Waals surface area (Å²) in [6, 6.07) is 0. The number of ether oxygens (including phenoxy) is 1. The van der Waals surface area contributed by atoms with Crippen LogP contribution in [0.3, 0.4) is 0 Å². The van der Waals surface area contributed by atoms with Gasteiger partial charge >= 0.3 is 5.97 Å². The Hall–Kier alpha value is -1.59. The average Bonchev–Trinajstić information content (AvgIpc) is 2.21. The Balaban J connectivity index is 3.13. The van der Waals surface area contributed by atoms with Crippen LogP contribution in [0.5, 0.6) is 0 Å². The first-order chi connectivity index (χ1) is 7.47. The molecule has 0 aliphatic rings. The summed E-state index contributed by atoms with van der Waals surface area (Å²) in [5, 5.41) is 0. The molecule has 0 saturated carbocycles. The minimum Gasteiger partial charge on any atom is -0.469 e. The second kappa shape index (κ2) is 4.96. The molecule has 0 spiro atoms. The highest BCUT2D eigenvalue weighted by Gasteiger charge is 2.21. The number of hydrogen-bond acceptors (Lipinski definition) is 3. The van der Waals surface area contributed by atoms with Gasteiger partial charge in [-0.2, -0.15) is 0 Å². The number of halogens is 3. The van der Waals surface area contributed by atoms with Gasteiger partial charge in [0.25, 0.3) is 6.43 Å². The summed E-state index contributed by atoms with van der Waals surface area (Å²) in [5.41, 5.74) is -1.03. The summed E-state index contributed by atoms with van der Waals surface area (Å²) >= 11 is 0. The summed E-state index contributed by atoms with van der Waals surface area (Å²) in [6.07, 6.45) is -2.30. The maximum Gasteiger partial charge on any atom is 0.310 e. The minimum atomic E-state index is -2.95. The van der Waals surface area contributed by atoms with Crippen molar-refractivity contribution in [3.63, 3.8) is 0 Å². The molecule has 0 radical (unpaired) electrons. The largest absolute Gasteiger partial charge is 0.469 e. The summed E-state index contributed by atoms with van der Waals surface area (Å²) in [4.78, 5) is 14.5. The highest BCUT2D eigenvalue weighted by Crippen LogP contribution is 2.26. The second-order valence-electron chi connectivity index (χ2n) is 3.15. The molecule has 0 fully saturated rings. The zero-order valence-electron chi connectivity index (χ0n) is 8.76. The van der Waals surface area contributed by atoms with Gasteiger partial charge in [-0.25, -0.2) is 13.2 Å². The molecule has 3 nitrogen and oxygen atoms in total. The van der Waals surface area contributed by atoms with Crippen LogP contribution in [-0.4, -0.2) is 18.1 Å². The van der Waals surface area contributed by atoms with Crippen LogP contribution < -0.4 is 0 Å². The normalized spacial score (nSPS) is 10.6. The highest BCUT2D eigenvalue weighted by molar-refractivity contribution is 5.72. The Bertz CT molecular complexity index is 407. The molecule has 0 atom stereocenters. The summed E-state index contributed by atoms with van der Waals surface area (Å²) in [6.45, 7) is 1.28. The summed E-state index contributed by atoms with van der Waals surface area (Å²) in [5.74, 6) is -1.79. The molecule has 0 aliphatic heterocycles. The molecule has 0 saturated heterocycles. The van der Waals surface area contributed by atoms with Crippen molar-refractivity contribution < 1.29 is 22.7 Å². The molecule has 1 aromatic rings. The van der Waals surface area contributed by atoms with Crippen LogP contribution in [0.4, 0.5) is 13.2 Å². The zero-order chi connectivity index (χ0) is 12.3. The number of carbonyl (C=O) groups excluding carboxylic acids is 1. The average molecular weight is 233 g/mol. The molecule has 0 bridgehead atoms. The van der Waals surface area contributed by atoms with E-state index in [1.807, 2.05) is 0 Å². The predicted octanol–water partition coefficient (Wildman–Crippen LogP) is 2.18. The maximum absolute atomic E-state index is 13.6. The minimum absolute atomic E-state index is 0.0823. The Morgan fingerprint density at radius 3 is 2.69 bits per heavy atom. The third-order valence-electron chi connectivity index (χ3n) is 2.10. The smallest absolute Gasteiger partial charge is 0.310 e. The third-order valence-corrected chi connectivity index (χ3v) is 2.10. The van der Waals surface area contributed by atoms with Crippen molar-refractivity contribution in [3.05, 3.63) is 28.8 Å². The maximum atomic E-state index is 13.6. The Kier molecular flexibility index (Phi) is 3.87. The van der Waals surface area contributed by atoms with Crippen LogP contribution in [0.15, 0.2) is 6.20 Å². The Labute approximate surface area is 90.2 Å². The number of nitrogens with zero attached hydrogens (tertiary/aromatic N) is 1. The highest BCUT2D eigenvalue weighted by atomic mass is 19.3. The van der Waals surface area contributed by atoms with Crippen LogP contribution in [-0.2, 0) is 16.0 Å². The molecule has 88 valence electrons. The monoisotopic (exact) mass is 233 g/mol. The lowest BCUT2D eigenvalue weighted by atomic mass is 10.1. The van der Waals surface area contributed by atoms with Crippen LogP contribution in [0.25, 0.3) is 0 Å². The standard InChI is InChI=1S/C10H10F3NO2/c1-5-8(10(12)13)9(11)6(4-14-5)3-7(15)16-2/h4,10H,3H2,1-2H3. The summed E-state index contributed by atoms with van der Waals surface area (Å²) < 4.78 is 42.9. The van der Waals surface area contributed by atoms with E-state index < -0.39 is 30.2 Å². The number of alkyl halides is 2. The molecule has 1 rings (SSSR count). The lowest BCUT2D eigenvalue weighted by Gasteiger charge is -2.09. The number of methoxy groups -OCH3 is 1. The number of pyridine rings is 1. The first kappa shape index (κ1) is 12.5. The van der Waals surface area contributed by atoms with E-state index in [-0.39, 0.29) is 11.3 Å². The van der Waals surface area contributed by atoms with Gasteiger partial charge in [-0.15, -0.1) is 0 Å². The molecular formula is C10H10F3NO2. The van der Waals surface area contributed by atoms with E-state index in [4.69, 9.17) is 0 Å². The first-order valence-electron chi connectivity index (χ1n) is 4.46. The van der Waals surface area contributed by atoms with Gasteiger partial charge in [0.15, 0.2) is 0 Å². The molecule has 0 aliphatic carbocycles. The number of hydrogen-bond donors (Lipinski definition) is 0. The van der Waals surface area contributed by atoms with Gasteiger partial charge in [0.05, 0.1) is 19.1 Å². The fourth-order valence-corrected chi connectivity index (χ4v) is 1.24. The second-order valence-corrected chi connectivity index (χ2v) is 3.15. The van der Waals surface area contributed by atoms with Crippen molar-refractivity contribution in [3.8, 4) is 0 Å². The van der Waals surface area contributed by atoms with E-state index in [0.29, 0.717) is 0 Å². The summed E-state index contributed by atoms with van der Waals surface area (Å²) in [7, 11) is 1.13. The van der Waals surface area contributed by atoms with Crippen molar-refractivity contribution in [1.82, 2.24) is 4.98 Å². The molecule has 6 heteroatoms. The first-order valence-corrected chi connectivity index (χ1v) is 4.46. The fraction of sp³-hybridized carbons (Fsp3) is 0.400. The van der Waals surface area contributed by atoms with Crippen molar-refractivity contribution >= 4 is 5.97 Å². The molecule has 1 heterocycles. The number of carbonyl (C=O) groups is 1. The quantitative estimate of drug-likeness (QED) is 0.751. The Morgan fingerprint density at radius 1 is 1.56 bits per heavy atom. The van der Waals surface area contributed by atoms with Gasteiger partial charge in [0.1, 0.15) is 5.82 Å². The van der Waals surface area contributed by atoms with Crippen molar-refractivity contribution in [2.75, 3.05) is 7.11 Å². The Morgan fingerprint density at radius 2 is 2.19 bits per heavy atom. The lowest BCUT2D eigenvalue weighted by molar-refractivity contribution is -0.139. The van der Waals surface area contributed by atoms with Crippen molar-refractivity contribution in [1.29, 1.82) is 0 Å². The van der Waals surface area contributed by atoms with E-state index in [1.165, 1.54) is 6.92 Å². The van der Waals surface area contributed by atoms with Gasteiger partial charge in [-0.3, -0.25) is 9.78 Å². The van der Waals surface area contributed by atoms with Gasteiger partial charge in [-0.05, 0) is 6.92 Å². The lowest BCUT2D eigenvalue weighted by Crippen LogP contribution is -2.10. The molecule has 0 unspecified atom stereocenters.